The maximum atomic E-state index is 6.01. The lowest BCUT2D eigenvalue weighted by Gasteiger charge is -2.19. The van der Waals surface area contributed by atoms with Crippen LogP contribution in [0.5, 0.6) is 5.75 Å². The summed E-state index contributed by atoms with van der Waals surface area (Å²) < 4.78 is 12.0. The molecule has 3 aromatic rings. The van der Waals surface area contributed by atoms with E-state index in [0.717, 1.165) is 47.1 Å². The van der Waals surface area contributed by atoms with Crippen LogP contribution in [-0.4, -0.2) is 45.2 Å². The summed E-state index contributed by atoms with van der Waals surface area (Å²) in [7, 11) is 6.32. The van der Waals surface area contributed by atoms with Crippen LogP contribution in [0.15, 0.2) is 52.9 Å². The van der Waals surface area contributed by atoms with Crippen LogP contribution >= 0.6 is 0 Å². The van der Waals surface area contributed by atoms with E-state index in [-0.39, 0.29) is 0 Å². The number of rotatable bonds is 8. The van der Waals surface area contributed by atoms with Gasteiger partial charge < -0.3 is 19.0 Å². The lowest BCUT2D eigenvalue weighted by molar-refractivity contribution is 0.255. The minimum Gasteiger partial charge on any atom is -0.493 e. The molecular weight excluding hydrogens is 372 g/mol. The predicted octanol–water partition coefficient (Wildman–Crippen LogP) is 5.92. The summed E-state index contributed by atoms with van der Waals surface area (Å²) in [6.45, 7) is 1.99. The van der Waals surface area contributed by atoms with Gasteiger partial charge in [0.2, 0.25) is 0 Å². The van der Waals surface area contributed by atoms with Crippen LogP contribution in [0.25, 0.3) is 23.1 Å². The van der Waals surface area contributed by atoms with Crippen LogP contribution in [0.1, 0.15) is 37.0 Å². The third-order valence-electron chi connectivity index (χ3n) is 5.98. The Hall–Kier alpha value is -2.72. The number of hydrogen-bond donors (Lipinski definition) is 0. The van der Waals surface area contributed by atoms with Gasteiger partial charge in [0.1, 0.15) is 17.1 Å². The molecular formula is C26H32N2O2. The molecule has 2 aromatic carbocycles. The van der Waals surface area contributed by atoms with Crippen LogP contribution in [0.2, 0.25) is 0 Å². The highest BCUT2D eigenvalue weighted by molar-refractivity contribution is 5.83. The molecule has 1 saturated heterocycles. The first kappa shape index (κ1) is 20.5. The minimum atomic E-state index is 0.731. The number of likely N-dealkylation sites (tertiary alicyclic amines) is 1. The minimum absolute atomic E-state index is 0.731. The Balaban J connectivity index is 1.33. The molecule has 1 aromatic heterocycles. The molecule has 1 fully saturated rings. The van der Waals surface area contributed by atoms with Crippen LogP contribution in [0.4, 0.5) is 5.69 Å². The Morgan fingerprint density at radius 3 is 2.67 bits per heavy atom. The molecule has 158 valence electrons. The van der Waals surface area contributed by atoms with Crippen molar-refractivity contribution in [2.24, 2.45) is 0 Å². The molecule has 0 spiro atoms. The average molecular weight is 405 g/mol. The monoisotopic (exact) mass is 404 g/mol. The smallest absolute Gasteiger partial charge is 0.138 e. The summed E-state index contributed by atoms with van der Waals surface area (Å²) in [5.74, 6) is 1.73. The van der Waals surface area contributed by atoms with Gasteiger partial charge in [0.15, 0.2) is 0 Å². The number of benzene rings is 2. The van der Waals surface area contributed by atoms with Gasteiger partial charge in [-0.05, 0) is 81.2 Å². The highest BCUT2D eigenvalue weighted by atomic mass is 16.5. The van der Waals surface area contributed by atoms with Gasteiger partial charge in [-0.15, -0.1) is 0 Å². The van der Waals surface area contributed by atoms with Crippen molar-refractivity contribution < 1.29 is 9.15 Å². The summed E-state index contributed by atoms with van der Waals surface area (Å²) in [5, 5.41) is 1.09. The van der Waals surface area contributed by atoms with Gasteiger partial charge >= 0.3 is 0 Å². The van der Waals surface area contributed by atoms with Gasteiger partial charge in [0.05, 0.1) is 6.61 Å². The molecule has 1 unspecified atom stereocenters. The molecule has 4 rings (SSSR count). The quantitative estimate of drug-likeness (QED) is 0.436. The maximum absolute atomic E-state index is 6.01. The van der Waals surface area contributed by atoms with Crippen molar-refractivity contribution in [1.82, 2.24) is 4.90 Å². The molecule has 30 heavy (non-hydrogen) atoms. The second-order valence-electron chi connectivity index (χ2n) is 8.44. The third kappa shape index (κ3) is 5.06. The fraction of sp³-hybridized carbons (Fsp3) is 0.385. The van der Waals surface area contributed by atoms with E-state index in [1.807, 2.05) is 32.3 Å². The first-order chi connectivity index (χ1) is 14.6. The number of hydrogen-bond acceptors (Lipinski definition) is 4. The number of furan rings is 1. The molecule has 1 aliphatic heterocycles. The Morgan fingerprint density at radius 2 is 1.93 bits per heavy atom. The molecule has 2 heterocycles. The summed E-state index contributed by atoms with van der Waals surface area (Å²) in [5.41, 5.74) is 3.21. The van der Waals surface area contributed by atoms with Crippen molar-refractivity contribution in [3.63, 3.8) is 0 Å². The van der Waals surface area contributed by atoms with Gasteiger partial charge in [-0.25, -0.2) is 0 Å². The second-order valence-corrected chi connectivity index (χ2v) is 8.44. The van der Waals surface area contributed by atoms with E-state index < -0.39 is 0 Å². The van der Waals surface area contributed by atoms with Gasteiger partial charge in [-0.2, -0.15) is 0 Å². The molecule has 0 N–H and O–H groups in total. The van der Waals surface area contributed by atoms with Crippen molar-refractivity contribution in [3.05, 3.63) is 59.9 Å². The molecule has 4 heteroatoms. The number of fused-ring (bicyclic) bond motifs is 1. The largest absolute Gasteiger partial charge is 0.493 e. The second kappa shape index (κ2) is 9.40. The molecule has 0 radical (unpaired) electrons. The Labute approximate surface area is 179 Å². The van der Waals surface area contributed by atoms with Gasteiger partial charge in [0.25, 0.3) is 0 Å². The van der Waals surface area contributed by atoms with Crippen molar-refractivity contribution in [2.75, 3.05) is 39.2 Å². The highest BCUT2D eigenvalue weighted by Gasteiger charge is 2.19. The molecule has 0 saturated carbocycles. The van der Waals surface area contributed by atoms with E-state index in [4.69, 9.17) is 9.15 Å². The topological polar surface area (TPSA) is 28.9 Å². The first-order valence-electron chi connectivity index (χ1n) is 10.9. The SMILES string of the molecule is CN(C)c1ccc(/C=C/c2cc3ccc(OCCCC4CCCN4C)cc3o2)cc1. The van der Waals surface area contributed by atoms with E-state index in [1.165, 1.54) is 31.5 Å². The van der Waals surface area contributed by atoms with Crippen molar-refractivity contribution in [3.8, 4) is 5.75 Å². The Kier molecular flexibility index (Phi) is 6.44. The molecule has 0 aliphatic carbocycles. The van der Waals surface area contributed by atoms with Crippen molar-refractivity contribution in [1.29, 1.82) is 0 Å². The number of nitrogens with zero attached hydrogens (tertiary/aromatic N) is 2. The molecule has 1 atom stereocenters. The van der Waals surface area contributed by atoms with E-state index in [0.29, 0.717) is 0 Å². The lowest BCUT2D eigenvalue weighted by Crippen LogP contribution is -2.25. The molecule has 0 amide bonds. The first-order valence-corrected chi connectivity index (χ1v) is 10.9. The predicted molar refractivity (Wildman–Crippen MR) is 126 cm³/mol. The fourth-order valence-corrected chi connectivity index (χ4v) is 4.12. The molecule has 4 nitrogen and oxygen atoms in total. The number of ether oxygens (including phenoxy) is 1. The normalized spacial score (nSPS) is 17.2. The van der Waals surface area contributed by atoms with Crippen LogP contribution < -0.4 is 9.64 Å². The highest BCUT2D eigenvalue weighted by Crippen LogP contribution is 2.26. The Bertz CT molecular complexity index is 988. The average Bonchev–Trinajstić information content (AvgIpc) is 3.35. The van der Waals surface area contributed by atoms with Crippen LogP contribution in [0.3, 0.4) is 0 Å². The van der Waals surface area contributed by atoms with Crippen molar-refractivity contribution >= 4 is 28.8 Å². The van der Waals surface area contributed by atoms with Crippen LogP contribution in [0, 0.1) is 0 Å². The zero-order chi connectivity index (χ0) is 20.9. The maximum Gasteiger partial charge on any atom is 0.138 e. The van der Waals surface area contributed by atoms with E-state index in [2.05, 4.69) is 59.3 Å². The lowest BCUT2D eigenvalue weighted by atomic mass is 10.1. The Morgan fingerprint density at radius 1 is 1.10 bits per heavy atom. The molecule has 0 bridgehead atoms. The summed E-state index contributed by atoms with van der Waals surface area (Å²) >= 11 is 0. The summed E-state index contributed by atoms with van der Waals surface area (Å²) in [6, 6.07) is 17.4. The van der Waals surface area contributed by atoms with E-state index >= 15 is 0 Å². The van der Waals surface area contributed by atoms with E-state index in [9.17, 15) is 0 Å². The van der Waals surface area contributed by atoms with Gasteiger partial charge in [-0.3, -0.25) is 0 Å². The summed E-state index contributed by atoms with van der Waals surface area (Å²) in [6.07, 6.45) is 9.05. The fourth-order valence-electron chi connectivity index (χ4n) is 4.12. The third-order valence-corrected chi connectivity index (χ3v) is 5.98. The number of anilines is 1. The van der Waals surface area contributed by atoms with Crippen LogP contribution in [-0.2, 0) is 0 Å². The standard InChI is InChI=1S/C26H32N2O2/c1-27(2)22-12-8-20(9-13-22)10-14-25-18-21-11-15-24(19-26(21)30-25)29-17-5-7-23-6-4-16-28(23)3/h8-15,18-19,23H,4-7,16-17H2,1-3H3/b14-10+. The van der Waals surface area contributed by atoms with Crippen molar-refractivity contribution in [2.45, 2.75) is 31.7 Å². The zero-order valence-corrected chi connectivity index (χ0v) is 18.3. The van der Waals surface area contributed by atoms with Gasteiger partial charge in [0, 0.05) is 37.3 Å². The zero-order valence-electron chi connectivity index (χ0n) is 18.3. The van der Waals surface area contributed by atoms with Gasteiger partial charge in [-0.1, -0.05) is 18.2 Å². The summed E-state index contributed by atoms with van der Waals surface area (Å²) in [4.78, 5) is 4.57. The van der Waals surface area contributed by atoms with E-state index in [1.54, 1.807) is 0 Å². The molecule has 1 aliphatic rings.